The molecule has 0 fully saturated rings. The molecule has 2 heterocycles. The molecule has 5 heteroatoms. The summed E-state index contributed by atoms with van der Waals surface area (Å²) in [4.78, 5) is 0. The Morgan fingerprint density at radius 3 is 2.76 bits per heavy atom. The van der Waals surface area contributed by atoms with E-state index in [2.05, 4.69) is 57.5 Å². The largest absolute Gasteiger partial charge is 0.340 e. The lowest BCUT2D eigenvalue weighted by Gasteiger charge is -2.07. The molecule has 0 amide bonds. The Balaban J connectivity index is 1.88. The molecule has 0 spiro atoms. The van der Waals surface area contributed by atoms with Gasteiger partial charge in [0.25, 0.3) is 0 Å². The fourth-order valence-corrected chi connectivity index (χ4v) is 2.51. The van der Waals surface area contributed by atoms with Crippen molar-refractivity contribution in [2.75, 3.05) is 6.54 Å². The average molecular weight is 283 g/mol. The van der Waals surface area contributed by atoms with Crippen molar-refractivity contribution in [1.29, 1.82) is 0 Å². The summed E-state index contributed by atoms with van der Waals surface area (Å²) in [6.07, 6.45) is 2.12. The second-order valence-corrected chi connectivity index (χ2v) is 5.34. The van der Waals surface area contributed by atoms with Gasteiger partial charge in [-0.1, -0.05) is 13.0 Å². The molecule has 0 saturated heterocycles. The molecule has 0 radical (unpaired) electrons. The Morgan fingerprint density at radius 1 is 1.19 bits per heavy atom. The highest BCUT2D eigenvalue weighted by Crippen LogP contribution is 2.19. The summed E-state index contributed by atoms with van der Waals surface area (Å²) < 4.78 is 4.25. The molecule has 1 N–H and O–H groups in total. The predicted molar refractivity (Wildman–Crippen MR) is 84.2 cm³/mol. The maximum absolute atomic E-state index is 4.24. The number of aryl methyl sites for hydroxylation is 1. The number of fused-ring (bicyclic) bond motifs is 1. The Morgan fingerprint density at radius 2 is 2.05 bits per heavy atom. The second-order valence-electron chi connectivity index (χ2n) is 5.34. The number of aromatic nitrogens is 4. The SMILES string of the molecule is CCNCc1ccc2c(ccn2Cc2nnc(C)n2C)c1. The van der Waals surface area contributed by atoms with E-state index in [0.29, 0.717) is 0 Å². The van der Waals surface area contributed by atoms with Crippen LogP contribution in [0.25, 0.3) is 10.9 Å². The first-order chi connectivity index (χ1) is 10.2. The topological polar surface area (TPSA) is 47.7 Å². The second kappa shape index (κ2) is 5.69. The molecular weight excluding hydrogens is 262 g/mol. The van der Waals surface area contributed by atoms with Gasteiger partial charge < -0.3 is 14.5 Å². The molecule has 21 heavy (non-hydrogen) atoms. The van der Waals surface area contributed by atoms with Crippen LogP contribution in [0.5, 0.6) is 0 Å². The molecule has 0 bridgehead atoms. The molecule has 5 nitrogen and oxygen atoms in total. The van der Waals surface area contributed by atoms with Crippen LogP contribution in [0.1, 0.15) is 24.1 Å². The van der Waals surface area contributed by atoms with Gasteiger partial charge in [-0.05, 0) is 42.6 Å². The zero-order valence-electron chi connectivity index (χ0n) is 12.8. The third-order valence-corrected chi connectivity index (χ3v) is 3.91. The van der Waals surface area contributed by atoms with E-state index < -0.39 is 0 Å². The highest BCUT2D eigenvalue weighted by molar-refractivity contribution is 5.80. The van der Waals surface area contributed by atoms with Crippen LogP contribution in [0.4, 0.5) is 0 Å². The fraction of sp³-hybridized carbons (Fsp3) is 0.375. The third-order valence-electron chi connectivity index (χ3n) is 3.91. The van der Waals surface area contributed by atoms with Gasteiger partial charge in [0.1, 0.15) is 5.82 Å². The van der Waals surface area contributed by atoms with Crippen LogP contribution in [-0.4, -0.2) is 25.9 Å². The molecule has 0 saturated carbocycles. The molecule has 0 aliphatic heterocycles. The van der Waals surface area contributed by atoms with Crippen LogP contribution in [0.3, 0.4) is 0 Å². The highest BCUT2D eigenvalue weighted by Gasteiger charge is 2.08. The Kier molecular flexibility index (Phi) is 3.75. The summed E-state index contributed by atoms with van der Waals surface area (Å²) in [6, 6.07) is 8.78. The lowest BCUT2D eigenvalue weighted by molar-refractivity contribution is 0.707. The number of hydrogen-bond acceptors (Lipinski definition) is 3. The van der Waals surface area contributed by atoms with Crippen LogP contribution >= 0.6 is 0 Å². The maximum Gasteiger partial charge on any atom is 0.152 e. The minimum absolute atomic E-state index is 0.743. The number of benzene rings is 1. The quantitative estimate of drug-likeness (QED) is 0.781. The molecule has 2 aromatic heterocycles. The van der Waals surface area contributed by atoms with Crippen molar-refractivity contribution in [3.63, 3.8) is 0 Å². The van der Waals surface area contributed by atoms with Crippen molar-refractivity contribution in [1.82, 2.24) is 24.6 Å². The van der Waals surface area contributed by atoms with Gasteiger partial charge in [-0.2, -0.15) is 0 Å². The van der Waals surface area contributed by atoms with Gasteiger partial charge in [-0.25, -0.2) is 0 Å². The van der Waals surface area contributed by atoms with E-state index in [4.69, 9.17) is 0 Å². The van der Waals surface area contributed by atoms with Crippen LogP contribution in [0.15, 0.2) is 30.5 Å². The Labute approximate surface area is 124 Å². The molecule has 3 rings (SSSR count). The number of hydrogen-bond donors (Lipinski definition) is 1. The van der Waals surface area contributed by atoms with E-state index >= 15 is 0 Å². The summed E-state index contributed by atoms with van der Waals surface area (Å²) in [5.41, 5.74) is 2.55. The molecular formula is C16H21N5. The van der Waals surface area contributed by atoms with E-state index in [1.54, 1.807) is 0 Å². The van der Waals surface area contributed by atoms with Gasteiger partial charge in [0.15, 0.2) is 5.82 Å². The number of rotatable bonds is 5. The van der Waals surface area contributed by atoms with Crippen molar-refractivity contribution >= 4 is 10.9 Å². The van der Waals surface area contributed by atoms with E-state index in [9.17, 15) is 0 Å². The van der Waals surface area contributed by atoms with Crippen molar-refractivity contribution in [3.8, 4) is 0 Å². The predicted octanol–water partition coefficient (Wildman–Crippen LogP) is 2.24. The minimum atomic E-state index is 0.743. The lowest BCUT2D eigenvalue weighted by atomic mass is 10.1. The molecule has 1 aromatic carbocycles. The van der Waals surface area contributed by atoms with E-state index in [1.807, 2.05) is 18.5 Å². The molecule has 0 aliphatic rings. The Bertz CT molecular complexity index is 753. The van der Waals surface area contributed by atoms with Crippen molar-refractivity contribution in [2.24, 2.45) is 7.05 Å². The number of nitrogens with zero attached hydrogens (tertiary/aromatic N) is 4. The summed E-state index contributed by atoms with van der Waals surface area (Å²) in [7, 11) is 2.00. The summed E-state index contributed by atoms with van der Waals surface area (Å²) >= 11 is 0. The van der Waals surface area contributed by atoms with E-state index in [-0.39, 0.29) is 0 Å². The average Bonchev–Trinajstić information content (AvgIpc) is 3.03. The zero-order chi connectivity index (χ0) is 14.8. The maximum atomic E-state index is 4.24. The molecule has 110 valence electrons. The van der Waals surface area contributed by atoms with E-state index in [1.165, 1.54) is 16.5 Å². The number of nitrogens with one attached hydrogen (secondary N) is 1. The highest BCUT2D eigenvalue weighted by atomic mass is 15.3. The van der Waals surface area contributed by atoms with Gasteiger partial charge in [0.05, 0.1) is 6.54 Å². The normalized spacial score (nSPS) is 11.4. The molecule has 0 unspecified atom stereocenters. The smallest absolute Gasteiger partial charge is 0.152 e. The first-order valence-electron chi connectivity index (χ1n) is 7.32. The monoisotopic (exact) mass is 283 g/mol. The minimum Gasteiger partial charge on any atom is -0.340 e. The first-order valence-corrected chi connectivity index (χ1v) is 7.32. The molecule has 0 aliphatic carbocycles. The van der Waals surface area contributed by atoms with Crippen molar-refractivity contribution in [3.05, 3.63) is 47.7 Å². The van der Waals surface area contributed by atoms with Crippen LogP contribution in [0.2, 0.25) is 0 Å². The third kappa shape index (κ3) is 2.69. The Hall–Kier alpha value is -2.14. The summed E-state index contributed by atoms with van der Waals surface area (Å²) in [5.74, 6) is 1.91. The van der Waals surface area contributed by atoms with Crippen molar-refractivity contribution in [2.45, 2.75) is 26.9 Å². The van der Waals surface area contributed by atoms with Crippen molar-refractivity contribution < 1.29 is 0 Å². The molecule has 0 atom stereocenters. The zero-order valence-corrected chi connectivity index (χ0v) is 12.8. The van der Waals surface area contributed by atoms with Gasteiger partial charge in [0.2, 0.25) is 0 Å². The van der Waals surface area contributed by atoms with Gasteiger partial charge in [-0.3, -0.25) is 0 Å². The summed E-state index contributed by atoms with van der Waals surface area (Å²) in [6.45, 7) is 6.74. The standard InChI is InChI=1S/C16H21N5/c1-4-17-10-13-5-6-15-14(9-13)7-8-21(15)11-16-19-18-12(2)20(16)3/h5-9,17H,4,10-11H2,1-3H3. The van der Waals surface area contributed by atoms with Crippen LogP contribution in [0, 0.1) is 6.92 Å². The lowest BCUT2D eigenvalue weighted by Crippen LogP contribution is -2.11. The first kappa shape index (κ1) is 13.8. The van der Waals surface area contributed by atoms with Crippen LogP contribution < -0.4 is 5.32 Å². The van der Waals surface area contributed by atoms with Crippen LogP contribution in [-0.2, 0) is 20.1 Å². The fourth-order valence-electron chi connectivity index (χ4n) is 2.51. The van der Waals surface area contributed by atoms with Gasteiger partial charge in [-0.15, -0.1) is 10.2 Å². The van der Waals surface area contributed by atoms with Gasteiger partial charge in [0, 0.05) is 25.3 Å². The summed E-state index contributed by atoms with van der Waals surface area (Å²) in [5, 5.41) is 13.0. The van der Waals surface area contributed by atoms with Gasteiger partial charge >= 0.3 is 0 Å². The van der Waals surface area contributed by atoms with E-state index in [0.717, 1.165) is 31.3 Å². The molecule has 3 aromatic rings.